The lowest BCUT2D eigenvalue weighted by atomic mass is 9.54. The molecule has 0 aromatic heterocycles. The number of hydrogen-bond donors (Lipinski definition) is 1. The molecule has 3 heterocycles. The average molecular weight is 362 g/mol. The van der Waals surface area contributed by atoms with Crippen LogP contribution in [-0.4, -0.2) is 54.4 Å². The Hall–Kier alpha value is -1.96. The molecular weight excluding hydrogens is 340 g/mol. The number of carbonyl (C=O) groups is 2. The fourth-order valence-electron chi connectivity index (χ4n) is 4.79. The highest BCUT2D eigenvalue weighted by atomic mass is 16.7. The van der Waals surface area contributed by atoms with Gasteiger partial charge >= 0.3 is 11.9 Å². The van der Waals surface area contributed by atoms with Gasteiger partial charge in [-0.3, -0.25) is 0 Å². The maximum atomic E-state index is 12.3. The number of carbonyl (C=O) groups excluding carboxylic acids is 2. The number of aliphatic hydroxyl groups excluding tert-OH is 1. The molecule has 4 fully saturated rings. The Morgan fingerprint density at radius 1 is 1.38 bits per heavy atom. The van der Waals surface area contributed by atoms with Crippen LogP contribution >= 0.6 is 0 Å². The molecule has 1 aliphatic carbocycles. The third-order valence-electron chi connectivity index (χ3n) is 6.24. The van der Waals surface area contributed by atoms with E-state index in [9.17, 15) is 14.7 Å². The monoisotopic (exact) mass is 362 g/mol. The van der Waals surface area contributed by atoms with E-state index < -0.39 is 59.9 Å². The number of hydrogen-bond acceptors (Lipinski definition) is 7. The molecule has 0 aromatic rings. The molecule has 2 bridgehead atoms. The van der Waals surface area contributed by atoms with Gasteiger partial charge in [-0.05, 0) is 12.5 Å². The molecule has 4 aliphatic rings. The van der Waals surface area contributed by atoms with Crippen molar-refractivity contribution in [3.8, 4) is 0 Å². The minimum absolute atomic E-state index is 0.183. The van der Waals surface area contributed by atoms with E-state index in [0.29, 0.717) is 5.57 Å². The third-order valence-corrected chi connectivity index (χ3v) is 6.24. The van der Waals surface area contributed by atoms with Crippen molar-refractivity contribution in [2.75, 3.05) is 6.61 Å². The van der Waals surface area contributed by atoms with Crippen molar-refractivity contribution in [3.63, 3.8) is 0 Å². The molecule has 8 unspecified atom stereocenters. The first-order valence-corrected chi connectivity index (χ1v) is 8.58. The summed E-state index contributed by atoms with van der Waals surface area (Å²) >= 11 is 0. The normalized spacial score (nSPS) is 46.4. The van der Waals surface area contributed by atoms with Gasteiger partial charge in [-0.1, -0.05) is 26.7 Å². The van der Waals surface area contributed by atoms with Crippen molar-refractivity contribution in [3.05, 3.63) is 36.5 Å². The lowest BCUT2D eigenvalue weighted by Crippen LogP contribution is -2.67. The predicted molar refractivity (Wildman–Crippen MR) is 88.6 cm³/mol. The first-order chi connectivity index (χ1) is 12.2. The van der Waals surface area contributed by atoms with Crippen LogP contribution in [0.2, 0.25) is 0 Å². The Morgan fingerprint density at radius 3 is 2.73 bits per heavy atom. The van der Waals surface area contributed by atoms with E-state index in [1.807, 2.05) is 6.92 Å². The molecule has 140 valence electrons. The maximum Gasteiger partial charge on any atom is 0.334 e. The second-order valence-corrected chi connectivity index (χ2v) is 7.72. The zero-order chi connectivity index (χ0) is 19.0. The molecule has 0 spiro atoms. The maximum absolute atomic E-state index is 12.3. The Labute approximate surface area is 151 Å². The second kappa shape index (κ2) is 5.52. The molecule has 1 saturated carbocycles. The number of fused-ring (bicyclic) bond motifs is 5. The molecule has 7 heteroatoms. The van der Waals surface area contributed by atoms with Gasteiger partial charge < -0.3 is 24.1 Å². The number of esters is 2. The van der Waals surface area contributed by atoms with Crippen LogP contribution in [0.25, 0.3) is 0 Å². The average Bonchev–Trinajstić information content (AvgIpc) is 3.16. The van der Waals surface area contributed by atoms with Crippen LogP contribution in [0.15, 0.2) is 36.5 Å². The summed E-state index contributed by atoms with van der Waals surface area (Å²) < 4.78 is 22.6. The molecule has 1 N–H and O–H groups in total. The molecule has 7 nitrogen and oxygen atoms in total. The molecule has 3 saturated heterocycles. The highest BCUT2D eigenvalue weighted by molar-refractivity contribution is 5.92. The van der Waals surface area contributed by atoms with Crippen molar-refractivity contribution in [2.24, 2.45) is 17.3 Å². The molecule has 0 radical (unpaired) electrons. The van der Waals surface area contributed by atoms with E-state index >= 15 is 0 Å². The van der Waals surface area contributed by atoms with Crippen LogP contribution in [0.1, 0.15) is 13.8 Å². The minimum Gasteiger partial charge on any atom is -0.458 e. The lowest BCUT2D eigenvalue weighted by molar-refractivity contribution is -0.234. The van der Waals surface area contributed by atoms with E-state index in [2.05, 4.69) is 19.7 Å². The fraction of sp³-hybridized carbons (Fsp3) is 0.579. The quantitative estimate of drug-likeness (QED) is 0.443. The van der Waals surface area contributed by atoms with Gasteiger partial charge in [0.15, 0.2) is 6.29 Å². The summed E-state index contributed by atoms with van der Waals surface area (Å²) in [5.41, 5.74) is 0.103. The van der Waals surface area contributed by atoms with Crippen molar-refractivity contribution < 1.29 is 33.6 Å². The number of aliphatic hydroxyl groups is 1. The Morgan fingerprint density at radius 2 is 2.08 bits per heavy atom. The second-order valence-electron chi connectivity index (χ2n) is 7.72. The summed E-state index contributed by atoms with van der Waals surface area (Å²) in [4.78, 5) is 24.4. The first kappa shape index (κ1) is 17.5. The zero-order valence-corrected chi connectivity index (χ0v) is 14.8. The summed E-state index contributed by atoms with van der Waals surface area (Å²) in [6.07, 6.45) is -3.74. The van der Waals surface area contributed by atoms with Crippen LogP contribution in [-0.2, 0) is 28.5 Å². The first-order valence-electron chi connectivity index (χ1n) is 8.58. The topological polar surface area (TPSA) is 91.3 Å². The van der Waals surface area contributed by atoms with Gasteiger partial charge in [-0.25, -0.2) is 9.59 Å². The van der Waals surface area contributed by atoms with Crippen LogP contribution in [0, 0.1) is 17.3 Å². The smallest absolute Gasteiger partial charge is 0.334 e. The molecular formula is C19H22O7. The zero-order valence-electron chi connectivity index (χ0n) is 14.8. The highest BCUT2D eigenvalue weighted by Crippen LogP contribution is 2.59. The highest BCUT2D eigenvalue weighted by Gasteiger charge is 2.70. The Bertz CT molecular complexity index is 740. The van der Waals surface area contributed by atoms with Crippen molar-refractivity contribution in [1.82, 2.24) is 0 Å². The van der Waals surface area contributed by atoms with Crippen LogP contribution in [0.3, 0.4) is 0 Å². The van der Waals surface area contributed by atoms with Gasteiger partial charge in [0.05, 0.1) is 18.6 Å². The molecule has 4 rings (SSSR count). The number of rotatable bonds is 2. The molecule has 0 aromatic carbocycles. The lowest BCUT2D eigenvalue weighted by Gasteiger charge is -2.56. The van der Waals surface area contributed by atoms with Crippen LogP contribution in [0.4, 0.5) is 0 Å². The summed E-state index contributed by atoms with van der Waals surface area (Å²) in [5, 5.41) is 11.1. The summed E-state index contributed by atoms with van der Waals surface area (Å²) in [6, 6.07) is 0. The Balaban J connectivity index is 1.83. The van der Waals surface area contributed by atoms with E-state index in [0.717, 1.165) is 0 Å². The van der Waals surface area contributed by atoms with E-state index in [-0.39, 0.29) is 17.8 Å². The summed E-state index contributed by atoms with van der Waals surface area (Å²) in [5.74, 6) is -2.30. The van der Waals surface area contributed by atoms with E-state index in [1.165, 1.54) is 0 Å². The van der Waals surface area contributed by atoms with Gasteiger partial charge in [-0.2, -0.15) is 0 Å². The number of ether oxygens (including phenoxy) is 4. The van der Waals surface area contributed by atoms with Crippen LogP contribution < -0.4 is 0 Å². The molecule has 0 amide bonds. The minimum atomic E-state index is -1.04. The van der Waals surface area contributed by atoms with Gasteiger partial charge in [-0.15, -0.1) is 0 Å². The molecule has 3 aliphatic heterocycles. The van der Waals surface area contributed by atoms with E-state index in [4.69, 9.17) is 18.9 Å². The van der Waals surface area contributed by atoms with Gasteiger partial charge in [0.25, 0.3) is 0 Å². The fourth-order valence-corrected chi connectivity index (χ4v) is 4.79. The van der Waals surface area contributed by atoms with Crippen molar-refractivity contribution in [1.29, 1.82) is 0 Å². The molecule has 26 heavy (non-hydrogen) atoms. The third kappa shape index (κ3) is 2.05. The van der Waals surface area contributed by atoms with Gasteiger partial charge in [0, 0.05) is 22.5 Å². The predicted octanol–water partition coefficient (Wildman–Crippen LogP) is 0.880. The van der Waals surface area contributed by atoms with Gasteiger partial charge in [0.2, 0.25) is 0 Å². The molecule has 8 atom stereocenters. The standard InChI is InChI=1S/C19H22O7/c1-7(2)16(21)25-13-11-8(3)17(22)26-14(11)15(20)19(5)10-6-23-18(24-10)9(4)12(13)19/h10-15,18,20H,1,3-4,6H2,2,5H3. The van der Waals surface area contributed by atoms with Crippen LogP contribution in [0.5, 0.6) is 0 Å². The summed E-state index contributed by atoms with van der Waals surface area (Å²) in [7, 11) is 0. The van der Waals surface area contributed by atoms with Gasteiger partial charge in [0.1, 0.15) is 18.3 Å². The van der Waals surface area contributed by atoms with E-state index in [1.54, 1.807) is 6.92 Å². The largest absolute Gasteiger partial charge is 0.458 e. The van der Waals surface area contributed by atoms with Crippen molar-refractivity contribution >= 4 is 11.9 Å². The Kier molecular flexibility index (Phi) is 3.70. The summed E-state index contributed by atoms with van der Waals surface area (Å²) in [6.45, 7) is 15.2. The SMILES string of the molecule is C=C(C)C(=O)OC1C2C(=C)C(=O)OC2C(O)C2(C)C3COC(O3)C(=C)C12. The van der Waals surface area contributed by atoms with Crippen molar-refractivity contribution in [2.45, 2.75) is 44.6 Å².